The number of sulfonamides is 1. The van der Waals surface area contributed by atoms with Crippen LogP contribution in [-0.2, 0) is 24.7 Å². The van der Waals surface area contributed by atoms with Crippen LogP contribution in [0.4, 0.5) is 0 Å². The van der Waals surface area contributed by atoms with Crippen LogP contribution in [0.5, 0.6) is 0 Å². The van der Waals surface area contributed by atoms with Gasteiger partial charge in [0.2, 0.25) is 10.0 Å². The minimum Gasteiger partial charge on any atom is -0.480 e. The third-order valence-electron chi connectivity index (χ3n) is 3.75. The van der Waals surface area contributed by atoms with Crippen molar-refractivity contribution in [2.45, 2.75) is 42.0 Å². The highest BCUT2D eigenvalue weighted by molar-refractivity contribution is 7.91. The van der Waals surface area contributed by atoms with E-state index in [-0.39, 0.29) is 28.5 Å². The molecule has 0 aliphatic carbocycles. The Morgan fingerprint density at radius 1 is 1.17 bits per heavy atom. The van der Waals surface area contributed by atoms with Crippen molar-refractivity contribution in [1.29, 1.82) is 0 Å². The molecular weight excluding hydrogens is 342 g/mol. The van der Waals surface area contributed by atoms with Crippen molar-refractivity contribution in [3.05, 3.63) is 24.3 Å². The SMILES string of the molecule is CCCS(=O)(=O)c1ccc(S(=O)(=O)N2CCC[C@H]2C(=O)O)cc1. The van der Waals surface area contributed by atoms with Gasteiger partial charge in [0.1, 0.15) is 6.04 Å². The van der Waals surface area contributed by atoms with Crippen LogP contribution in [0.15, 0.2) is 34.1 Å². The van der Waals surface area contributed by atoms with Crippen LogP contribution in [0.2, 0.25) is 0 Å². The Bertz CT molecular complexity index is 783. The topological polar surface area (TPSA) is 109 Å². The van der Waals surface area contributed by atoms with Crippen LogP contribution >= 0.6 is 0 Å². The fourth-order valence-electron chi connectivity index (χ4n) is 2.62. The largest absolute Gasteiger partial charge is 0.480 e. The van der Waals surface area contributed by atoms with Crippen LogP contribution in [-0.4, -0.2) is 50.6 Å². The molecule has 1 aromatic carbocycles. The Hall–Kier alpha value is -1.45. The maximum atomic E-state index is 12.5. The predicted octanol–water partition coefficient (Wildman–Crippen LogP) is 1.11. The number of carboxylic acid groups (broad SMARTS) is 1. The van der Waals surface area contributed by atoms with Crippen molar-refractivity contribution in [3.8, 4) is 0 Å². The van der Waals surface area contributed by atoms with Crippen LogP contribution in [0.1, 0.15) is 26.2 Å². The maximum absolute atomic E-state index is 12.5. The van der Waals surface area contributed by atoms with Crippen molar-refractivity contribution in [3.63, 3.8) is 0 Å². The van der Waals surface area contributed by atoms with Crippen molar-refractivity contribution in [2.24, 2.45) is 0 Å². The minimum atomic E-state index is -3.95. The minimum absolute atomic E-state index is 0.00763. The van der Waals surface area contributed by atoms with E-state index in [1.165, 1.54) is 24.3 Å². The zero-order chi connectivity index (χ0) is 17.3. The van der Waals surface area contributed by atoms with Gasteiger partial charge < -0.3 is 5.11 Å². The summed E-state index contributed by atoms with van der Waals surface area (Å²) in [5.41, 5.74) is 0. The molecule has 0 radical (unpaired) electrons. The Labute approximate surface area is 135 Å². The van der Waals surface area contributed by atoms with Crippen LogP contribution in [0.3, 0.4) is 0 Å². The molecule has 1 fully saturated rings. The van der Waals surface area contributed by atoms with Gasteiger partial charge in [0.25, 0.3) is 0 Å². The van der Waals surface area contributed by atoms with Gasteiger partial charge in [-0.3, -0.25) is 4.79 Å². The van der Waals surface area contributed by atoms with Gasteiger partial charge >= 0.3 is 5.97 Å². The molecule has 0 spiro atoms. The normalized spacial score (nSPS) is 19.8. The predicted molar refractivity (Wildman–Crippen MR) is 83.3 cm³/mol. The van der Waals surface area contributed by atoms with Crippen molar-refractivity contribution < 1.29 is 26.7 Å². The molecule has 1 aliphatic heterocycles. The molecule has 0 saturated carbocycles. The first kappa shape index (κ1) is 17.9. The molecule has 0 unspecified atom stereocenters. The van der Waals surface area contributed by atoms with Gasteiger partial charge in [0.05, 0.1) is 15.5 Å². The van der Waals surface area contributed by atoms with E-state index in [1.54, 1.807) is 6.92 Å². The van der Waals surface area contributed by atoms with E-state index in [0.717, 1.165) is 4.31 Å². The Kier molecular flexibility index (Phi) is 5.12. The van der Waals surface area contributed by atoms with E-state index in [4.69, 9.17) is 5.11 Å². The summed E-state index contributed by atoms with van der Waals surface area (Å²) in [6.07, 6.45) is 1.23. The molecular formula is C14H19NO6S2. The van der Waals surface area contributed by atoms with E-state index < -0.39 is 31.9 Å². The monoisotopic (exact) mass is 361 g/mol. The number of aliphatic carboxylic acids is 1. The molecule has 7 nitrogen and oxygen atoms in total. The average Bonchev–Trinajstić information content (AvgIpc) is 2.98. The molecule has 0 aromatic heterocycles. The van der Waals surface area contributed by atoms with Crippen molar-refractivity contribution in [1.82, 2.24) is 4.31 Å². The molecule has 1 atom stereocenters. The Morgan fingerprint density at radius 2 is 1.74 bits per heavy atom. The number of carbonyl (C=O) groups is 1. The summed E-state index contributed by atoms with van der Waals surface area (Å²) in [7, 11) is -7.37. The van der Waals surface area contributed by atoms with Gasteiger partial charge in [-0.2, -0.15) is 4.31 Å². The van der Waals surface area contributed by atoms with Crippen LogP contribution in [0, 0.1) is 0 Å². The van der Waals surface area contributed by atoms with Gasteiger partial charge in [-0.1, -0.05) is 6.92 Å². The Morgan fingerprint density at radius 3 is 2.26 bits per heavy atom. The van der Waals surface area contributed by atoms with E-state index in [0.29, 0.717) is 12.8 Å². The molecule has 128 valence electrons. The van der Waals surface area contributed by atoms with Gasteiger partial charge in [-0.15, -0.1) is 0 Å². The molecule has 1 N–H and O–H groups in total. The van der Waals surface area contributed by atoms with E-state index in [1.807, 2.05) is 0 Å². The second-order valence-corrected chi connectivity index (χ2v) is 9.40. The number of benzene rings is 1. The fourth-order valence-corrected chi connectivity index (χ4v) is 5.59. The van der Waals surface area contributed by atoms with Gasteiger partial charge in [-0.25, -0.2) is 16.8 Å². The first-order chi connectivity index (χ1) is 10.7. The summed E-state index contributed by atoms with van der Waals surface area (Å²) in [4.78, 5) is 11.1. The fraction of sp³-hybridized carbons (Fsp3) is 0.500. The highest BCUT2D eigenvalue weighted by Gasteiger charge is 2.39. The zero-order valence-electron chi connectivity index (χ0n) is 12.7. The Balaban J connectivity index is 2.33. The first-order valence-electron chi connectivity index (χ1n) is 7.27. The molecule has 2 rings (SSSR count). The lowest BCUT2D eigenvalue weighted by Gasteiger charge is -2.21. The number of carboxylic acids is 1. The second kappa shape index (κ2) is 6.58. The second-order valence-electron chi connectivity index (χ2n) is 5.40. The lowest BCUT2D eigenvalue weighted by atomic mass is 10.2. The van der Waals surface area contributed by atoms with Gasteiger partial charge in [0, 0.05) is 6.54 Å². The lowest BCUT2D eigenvalue weighted by molar-refractivity contribution is -0.140. The molecule has 0 bridgehead atoms. The number of sulfone groups is 1. The van der Waals surface area contributed by atoms with E-state index in [9.17, 15) is 21.6 Å². The highest BCUT2D eigenvalue weighted by atomic mass is 32.2. The smallest absolute Gasteiger partial charge is 0.322 e. The van der Waals surface area contributed by atoms with Crippen molar-refractivity contribution in [2.75, 3.05) is 12.3 Å². The molecule has 23 heavy (non-hydrogen) atoms. The highest BCUT2D eigenvalue weighted by Crippen LogP contribution is 2.27. The summed E-state index contributed by atoms with van der Waals surface area (Å²) in [6.45, 7) is 1.89. The molecule has 0 amide bonds. The first-order valence-corrected chi connectivity index (χ1v) is 10.4. The van der Waals surface area contributed by atoms with Crippen LogP contribution in [0.25, 0.3) is 0 Å². The molecule has 1 aliphatic rings. The summed E-state index contributed by atoms with van der Waals surface area (Å²) in [5.74, 6) is -1.18. The van der Waals surface area contributed by atoms with E-state index in [2.05, 4.69) is 0 Å². The van der Waals surface area contributed by atoms with E-state index >= 15 is 0 Å². The summed E-state index contributed by atoms with van der Waals surface area (Å²) < 4.78 is 50.0. The number of hydrogen-bond donors (Lipinski definition) is 1. The average molecular weight is 361 g/mol. The van der Waals surface area contributed by atoms with Crippen LogP contribution < -0.4 is 0 Å². The quantitative estimate of drug-likeness (QED) is 0.813. The third-order valence-corrected chi connectivity index (χ3v) is 7.61. The summed E-state index contributed by atoms with van der Waals surface area (Å²) in [5, 5.41) is 9.12. The number of hydrogen-bond acceptors (Lipinski definition) is 5. The molecule has 1 aromatic rings. The number of nitrogens with zero attached hydrogens (tertiary/aromatic N) is 1. The summed E-state index contributed by atoms with van der Waals surface area (Å²) >= 11 is 0. The number of rotatable bonds is 6. The lowest BCUT2D eigenvalue weighted by Crippen LogP contribution is -2.40. The standard InChI is InChI=1S/C14H19NO6S2/c1-2-10-22(18,19)11-5-7-12(8-6-11)23(20,21)15-9-3-4-13(15)14(16)17/h5-8,13H,2-4,9-10H2,1H3,(H,16,17)/t13-/m0/s1. The zero-order valence-corrected chi connectivity index (χ0v) is 14.3. The molecule has 1 heterocycles. The molecule has 9 heteroatoms. The van der Waals surface area contributed by atoms with Crippen molar-refractivity contribution >= 4 is 25.8 Å². The van der Waals surface area contributed by atoms with Gasteiger partial charge in [0.15, 0.2) is 9.84 Å². The molecule has 1 saturated heterocycles. The van der Waals surface area contributed by atoms with Gasteiger partial charge in [-0.05, 0) is 43.5 Å². The third kappa shape index (κ3) is 3.56. The summed E-state index contributed by atoms with van der Waals surface area (Å²) in [6, 6.07) is 3.88. The maximum Gasteiger partial charge on any atom is 0.322 e.